The minimum absolute atomic E-state index is 0.364. The molecular formula is C21H19NO4. The molecule has 1 aliphatic rings. The number of imide groups is 1. The zero-order chi connectivity index (χ0) is 18.5. The molecule has 2 amide bonds. The van der Waals surface area contributed by atoms with E-state index in [0.717, 1.165) is 17.7 Å². The fourth-order valence-corrected chi connectivity index (χ4v) is 2.76. The third-order valence-electron chi connectivity index (χ3n) is 4.11. The predicted molar refractivity (Wildman–Crippen MR) is 98.9 cm³/mol. The number of para-hydroxylation sites is 1. The van der Waals surface area contributed by atoms with E-state index in [4.69, 9.17) is 4.74 Å². The summed E-state index contributed by atoms with van der Waals surface area (Å²) in [6.45, 7) is 2.39. The second kappa shape index (κ2) is 7.78. The Balaban J connectivity index is 1.86. The van der Waals surface area contributed by atoms with E-state index in [1.54, 1.807) is 54.6 Å². The number of fused-ring (bicyclic) bond motifs is 1. The van der Waals surface area contributed by atoms with Crippen LogP contribution in [0.25, 0.3) is 6.08 Å². The van der Waals surface area contributed by atoms with Gasteiger partial charge in [0.1, 0.15) is 0 Å². The van der Waals surface area contributed by atoms with Crippen LogP contribution in [0.4, 0.5) is 5.69 Å². The van der Waals surface area contributed by atoms with Crippen LogP contribution in [-0.4, -0.2) is 24.4 Å². The topological polar surface area (TPSA) is 63.7 Å². The van der Waals surface area contributed by atoms with Crippen LogP contribution in [0.2, 0.25) is 0 Å². The van der Waals surface area contributed by atoms with Gasteiger partial charge in [0.25, 0.3) is 11.8 Å². The number of ether oxygens (including phenoxy) is 1. The summed E-state index contributed by atoms with van der Waals surface area (Å²) in [4.78, 5) is 38.2. The summed E-state index contributed by atoms with van der Waals surface area (Å²) < 4.78 is 5.09. The minimum Gasteiger partial charge on any atom is -0.463 e. The average Bonchev–Trinajstić information content (AvgIpc) is 2.92. The fourth-order valence-electron chi connectivity index (χ4n) is 2.76. The van der Waals surface area contributed by atoms with Gasteiger partial charge in [0.05, 0.1) is 23.4 Å². The first-order valence-corrected chi connectivity index (χ1v) is 8.55. The van der Waals surface area contributed by atoms with E-state index in [1.165, 1.54) is 6.08 Å². The highest BCUT2D eigenvalue weighted by atomic mass is 16.5. The molecule has 26 heavy (non-hydrogen) atoms. The maximum Gasteiger partial charge on any atom is 0.330 e. The molecule has 1 aliphatic heterocycles. The number of amides is 2. The van der Waals surface area contributed by atoms with Crippen molar-refractivity contribution in [3.05, 3.63) is 71.3 Å². The molecule has 0 bridgehead atoms. The van der Waals surface area contributed by atoms with Crippen molar-refractivity contribution in [2.24, 2.45) is 0 Å². The lowest BCUT2D eigenvalue weighted by Crippen LogP contribution is -2.30. The van der Waals surface area contributed by atoms with Crippen LogP contribution in [-0.2, 0) is 9.53 Å². The lowest BCUT2D eigenvalue weighted by Gasteiger charge is -2.16. The van der Waals surface area contributed by atoms with E-state index in [-0.39, 0.29) is 11.8 Å². The number of hydrogen-bond acceptors (Lipinski definition) is 4. The second-order valence-corrected chi connectivity index (χ2v) is 5.90. The fraction of sp³-hybridized carbons (Fsp3) is 0.190. The molecule has 5 heteroatoms. The molecule has 0 atom stereocenters. The smallest absolute Gasteiger partial charge is 0.330 e. The maximum atomic E-state index is 12.7. The summed E-state index contributed by atoms with van der Waals surface area (Å²) in [5.74, 6) is -1.18. The third kappa shape index (κ3) is 3.42. The van der Waals surface area contributed by atoms with Gasteiger partial charge in [0, 0.05) is 6.08 Å². The number of hydrogen-bond donors (Lipinski definition) is 0. The summed E-state index contributed by atoms with van der Waals surface area (Å²) in [6.07, 6.45) is 4.63. The van der Waals surface area contributed by atoms with Gasteiger partial charge in [-0.25, -0.2) is 9.69 Å². The molecular weight excluding hydrogens is 330 g/mol. The number of nitrogens with zero attached hydrogens (tertiary/aromatic N) is 1. The molecule has 0 fully saturated rings. The van der Waals surface area contributed by atoms with Gasteiger partial charge in [0.2, 0.25) is 0 Å². The van der Waals surface area contributed by atoms with Gasteiger partial charge in [0.15, 0.2) is 0 Å². The maximum absolute atomic E-state index is 12.7. The Bertz CT molecular complexity index is 850. The van der Waals surface area contributed by atoms with E-state index in [2.05, 4.69) is 0 Å². The van der Waals surface area contributed by atoms with Crippen molar-refractivity contribution in [1.29, 1.82) is 0 Å². The molecule has 0 radical (unpaired) electrons. The molecule has 0 N–H and O–H groups in total. The Morgan fingerprint density at radius 2 is 1.62 bits per heavy atom. The predicted octanol–water partition coefficient (Wildman–Crippen LogP) is 3.84. The van der Waals surface area contributed by atoms with E-state index >= 15 is 0 Å². The van der Waals surface area contributed by atoms with Crippen LogP contribution < -0.4 is 4.90 Å². The Morgan fingerprint density at radius 1 is 1.00 bits per heavy atom. The molecule has 2 aromatic rings. The molecule has 0 saturated carbocycles. The molecule has 0 saturated heterocycles. The van der Waals surface area contributed by atoms with Gasteiger partial charge in [-0.05, 0) is 36.3 Å². The molecule has 1 heterocycles. The molecule has 5 nitrogen and oxygen atoms in total. The number of benzene rings is 2. The molecule has 0 aliphatic carbocycles. The second-order valence-electron chi connectivity index (χ2n) is 5.90. The summed E-state index contributed by atoms with van der Waals surface area (Å²) in [7, 11) is 0. The molecule has 2 aromatic carbocycles. The number of unbranched alkanes of at least 4 members (excludes halogenated alkanes) is 1. The van der Waals surface area contributed by atoms with E-state index in [0.29, 0.717) is 29.0 Å². The molecule has 0 spiro atoms. The lowest BCUT2D eigenvalue weighted by atomic mass is 10.1. The zero-order valence-corrected chi connectivity index (χ0v) is 14.5. The summed E-state index contributed by atoms with van der Waals surface area (Å²) in [6, 6.07) is 13.7. The van der Waals surface area contributed by atoms with Crippen LogP contribution >= 0.6 is 0 Å². The Morgan fingerprint density at radius 3 is 2.27 bits per heavy atom. The van der Waals surface area contributed by atoms with Crippen LogP contribution in [0.3, 0.4) is 0 Å². The molecule has 3 rings (SSSR count). The quantitative estimate of drug-likeness (QED) is 0.344. The van der Waals surface area contributed by atoms with Crippen molar-refractivity contribution in [2.45, 2.75) is 19.8 Å². The van der Waals surface area contributed by atoms with Gasteiger partial charge >= 0.3 is 5.97 Å². The highest BCUT2D eigenvalue weighted by Gasteiger charge is 2.36. The van der Waals surface area contributed by atoms with Crippen molar-refractivity contribution >= 4 is 29.5 Å². The minimum atomic E-state index is -0.449. The van der Waals surface area contributed by atoms with Gasteiger partial charge in [-0.2, -0.15) is 0 Å². The van der Waals surface area contributed by atoms with Crippen molar-refractivity contribution in [1.82, 2.24) is 0 Å². The normalized spacial score (nSPS) is 13.3. The standard InChI is InChI=1S/C21H19NO4/c1-2-3-14-26-19(23)13-12-15-8-4-7-11-18(15)22-20(24)16-9-5-6-10-17(16)21(22)25/h4-13H,2-3,14H2,1H3/b13-12+. The van der Waals surface area contributed by atoms with Crippen LogP contribution in [0.15, 0.2) is 54.6 Å². The molecule has 132 valence electrons. The van der Waals surface area contributed by atoms with Crippen molar-refractivity contribution in [2.75, 3.05) is 11.5 Å². The highest BCUT2D eigenvalue weighted by Crippen LogP contribution is 2.31. The number of carbonyl (C=O) groups is 3. The Hall–Kier alpha value is -3.21. The summed E-state index contributed by atoms with van der Waals surface area (Å²) in [5.41, 5.74) is 1.80. The van der Waals surface area contributed by atoms with E-state index in [1.807, 2.05) is 6.92 Å². The zero-order valence-electron chi connectivity index (χ0n) is 14.5. The van der Waals surface area contributed by atoms with Gasteiger partial charge < -0.3 is 4.74 Å². The number of esters is 1. The van der Waals surface area contributed by atoms with Gasteiger partial charge in [-0.15, -0.1) is 0 Å². The van der Waals surface area contributed by atoms with Crippen LogP contribution in [0.5, 0.6) is 0 Å². The number of rotatable bonds is 6. The van der Waals surface area contributed by atoms with Crippen molar-refractivity contribution < 1.29 is 19.1 Å². The van der Waals surface area contributed by atoms with Crippen LogP contribution in [0, 0.1) is 0 Å². The van der Waals surface area contributed by atoms with Crippen LogP contribution in [0.1, 0.15) is 46.0 Å². The Kier molecular flexibility index (Phi) is 5.27. The van der Waals surface area contributed by atoms with Gasteiger partial charge in [-0.3, -0.25) is 9.59 Å². The average molecular weight is 349 g/mol. The highest BCUT2D eigenvalue weighted by molar-refractivity contribution is 6.34. The molecule has 0 aromatic heterocycles. The van der Waals surface area contributed by atoms with E-state index < -0.39 is 5.97 Å². The first-order chi connectivity index (χ1) is 12.6. The number of carbonyl (C=O) groups excluding carboxylic acids is 3. The third-order valence-corrected chi connectivity index (χ3v) is 4.11. The number of anilines is 1. The first kappa shape index (κ1) is 17.6. The Labute approximate surface area is 151 Å². The molecule has 0 unspecified atom stereocenters. The lowest BCUT2D eigenvalue weighted by molar-refractivity contribution is -0.137. The largest absolute Gasteiger partial charge is 0.463 e. The van der Waals surface area contributed by atoms with E-state index in [9.17, 15) is 14.4 Å². The summed E-state index contributed by atoms with van der Waals surface area (Å²) >= 11 is 0. The van der Waals surface area contributed by atoms with Gasteiger partial charge in [-0.1, -0.05) is 43.7 Å². The first-order valence-electron chi connectivity index (χ1n) is 8.55. The summed E-state index contributed by atoms with van der Waals surface area (Å²) in [5, 5.41) is 0. The van der Waals surface area contributed by atoms with Crippen molar-refractivity contribution in [3.63, 3.8) is 0 Å². The van der Waals surface area contributed by atoms with Crippen molar-refractivity contribution in [3.8, 4) is 0 Å². The SMILES string of the molecule is CCCCOC(=O)/C=C/c1ccccc1N1C(=O)c2ccccc2C1=O. The monoisotopic (exact) mass is 349 g/mol.